The van der Waals surface area contributed by atoms with Crippen LogP contribution in [0.25, 0.3) is 6.08 Å². The van der Waals surface area contributed by atoms with Crippen molar-refractivity contribution < 1.29 is 13.8 Å². The first kappa shape index (κ1) is 24.4. The zero-order chi connectivity index (χ0) is 23.9. The number of thiophene rings is 1. The number of nitrogens with one attached hydrogen (secondary N) is 2. The lowest BCUT2D eigenvalue weighted by Crippen LogP contribution is -2.65. The molecule has 0 aromatic carbocycles. The van der Waals surface area contributed by atoms with Gasteiger partial charge in [0.15, 0.2) is 0 Å². The highest BCUT2D eigenvalue weighted by molar-refractivity contribution is 8.22. The van der Waals surface area contributed by atoms with Gasteiger partial charge in [-0.3, -0.25) is 13.8 Å². The monoisotopic (exact) mass is 526 g/mol. The summed E-state index contributed by atoms with van der Waals surface area (Å²) in [6, 6.07) is 3.47. The Balaban J connectivity index is 1.23. The second-order valence-corrected chi connectivity index (χ2v) is 16.0. The van der Waals surface area contributed by atoms with Gasteiger partial charge in [0.05, 0.1) is 16.9 Å². The van der Waals surface area contributed by atoms with Crippen LogP contribution in [0.5, 0.6) is 0 Å². The Morgan fingerprint density at radius 1 is 1.32 bits per heavy atom. The SMILES string of the molecule is CCNCC1C2CC2CN1C(=O)CN1CCC[C@H](NS2(=O)(/C=C/c3ccc(Cl)s3)CCC2)C1=O. The first-order valence-corrected chi connectivity index (χ1v) is 16.0. The van der Waals surface area contributed by atoms with Crippen LogP contribution in [-0.2, 0) is 18.8 Å². The van der Waals surface area contributed by atoms with E-state index in [9.17, 15) is 13.8 Å². The van der Waals surface area contributed by atoms with Crippen molar-refractivity contribution in [1.29, 1.82) is 0 Å². The fourth-order valence-corrected chi connectivity index (χ4v) is 9.87. The zero-order valence-corrected chi connectivity index (χ0v) is 22.1. The lowest BCUT2D eigenvalue weighted by atomic mass is 10.1. The molecule has 3 saturated heterocycles. The van der Waals surface area contributed by atoms with Crippen LogP contribution in [0.4, 0.5) is 0 Å². The molecule has 188 valence electrons. The molecule has 3 aliphatic heterocycles. The fourth-order valence-electron chi connectivity index (χ4n) is 5.72. The third-order valence-electron chi connectivity index (χ3n) is 7.83. The quantitative estimate of drug-likeness (QED) is 0.518. The minimum absolute atomic E-state index is 0.0447. The molecule has 4 atom stereocenters. The summed E-state index contributed by atoms with van der Waals surface area (Å²) in [6.45, 7) is 5.31. The standard InChI is InChI=1S/C24H35ClN4O3S2/c1-2-26-14-21-19-13-17(19)15-29(21)23(30)16-28-9-3-5-20(24(28)31)27-34(32,10-4-11-34)12-8-18-6-7-22(25)33-18/h6-8,12,17,19-21,26H,2-5,9-11,13-16H2,1H3,(H,27,32)/b12-8+/t17?,19?,20-,21?/m0/s1. The van der Waals surface area contributed by atoms with Gasteiger partial charge >= 0.3 is 0 Å². The van der Waals surface area contributed by atoms with Crippen molar-refractivity contribution in [2.45, 2.75) is 44.7 Å². The van der Waals surface area contributed by atoms with E-state index in [-0.39, 0.29) is 24.4 Å². The first-order chi connectivity index (χ1) is 16.3. The van der Waals surface area contributed by atoms with Gasteiger partial charge in [-0.2, -0.15) is 0 Å². The molecule has 4 heterocycles. The number of likely N-dealkylation sites (N-methyl/N-ethyl adjacent to an activating group) is 1. The number of amides is 2. The van der Waals surface area contributed by atoms with Crippen LogP contribution in [0.1, 0.15) is 37.5 Å². The largest absolute Gasteiger partial charge is 0.336 e. The number of fused-ring (bicyclic) bond motifs is 1. The molecule has 1 aromatic rings. The number of rotatable bonds is 9. The van der Waals surface area contributed by atoms with E-state index in [4.69, 9.17) is 11.6 Å². The highest BCUT2D eigenvalue weighted by atomic mass is 35.5. The number of halogens is 1. The van der Waals surface area contributed by atoms with Gasteiger partial charge in [0.2, 0.25) is 11.8 Å². The molecule has 1 aromatic heterocycles. The van der Waals surface area contributed by atoms with E-state index in [1.807, 2.05) is 23.1 Å². The Bertz CT molecular complexity index is 1050. The number of carbonyl (C=O) groups excluding carboxylic acids is 2. The molecule has 0 bridgehead atoms. The maximum absolute atomic E-state index is 14.1. The van der Waals surface area contributed by atoms with Gasteiger partial charge in [-0.15, -0.1) is 11.3 Å². The Labute approximate surface area is 210 Å². The van der Waals surface area contributed by atoms with Crippen LogP contribution in [-0.4, -0.2) is 82.1 Å². The topological polar surface area (TPSA) is 81.8 Å². The van der Waals surface area contributed by atoms with Gasteiger partial charge in [0.1, 0.15) is 0 Å². The summed E-state index contributed by atoms with van der Waals surface area (Å²) >= 11 is 7.47. The van der Waals surface area contributed by atoms with E-state index in [0.29, 0.717) is 40.6 Å². The summed E-state index contributed by atoms with van der Waals surface area (Å²) in [5.41, 5.74) is 0. The Morgan fingerprint density at radius 2 is 2.15 bits per heavy atom. The van der Waals surface area contributed by atoms with Crippen LogP contribution >= 0.6 is 22.9 Å². The fraction of sp³-hybridized carbons (Fsp3) is 0.667. The number of nitrogens with zero attached hydrogens (tertiary/aromatic N) is 2. The van der Waals surface area contributed by atoms with Gasteiger partial charge < -0.3 is 15.1 Å². The molecule has 0 radical (unpaired) electrons. The smallest absolute Gasteiger partial charge is 0.242 e. The normalized spacial score (nSPS) is 32.8. The minimum atomic E-state index is -3.24. The van der Waals surface area contributed by atoms with Gasteiger partial charge in [-0.05, 0) is 76.9 Å². The van der Waals surface area contributed by atoms with E-state index in [2.05, 4.69) is 17.0 Å². The second kappa shape index (κ2) is 9.32. The van der Waals surface area contributed by atoms with Crippen molar-refractivity contribution in [3.8, 4) is 0 Å². The number of carbonyl (C=O) groups is 2. The van der Waals surface area contributed by atoms with Gasteiger partial charge in [-0.1, -0.05) is 18.5 Å². The van der Waals surface area contributed by atoms with E-state index < -0.39 is 15.3 Å². The third-order valence-corrected chi connectivity index (χ3v) is 13.0. The summed E-state index contributed by atoms with van der Waals surface area (Å²) in [6.07, 6.45) is 5.41. The summed E-state index contributed by atoms with van der Waals surface area (Å²) < 4.78 is 18.1. The lowest BCUT2D eigenvalue weighted by molar-refractivity contribution is -0.143. The van der Waals surface area contributed by atoms with E-state index in [1.165, 1.54) is 17.8 Å². The first-order valence-electron chi connectivity index (χ1n) is 12.4. The van der Waals surface area contributed by atoms with Crippen molar-refractivity contribution in [3.05, 3.63) is 26.8 Å². The number of hydrogen-bond acceptors (Lipinski definition) is 5. The Morgan fingerprint density at radius 3 is 2.82 bits per heavy atom. The third kappa shape index (κ3) is 4.87. The molecule has 2 amide bonds. The van der Waals surface area contributed by atoms with Crippen molar-refractivity contribution in [1.82, 2.24) is 19.8 Å². The maximum Gasteiger partial charge on any atom is 0.242 e. The Kier molecular flexibility index (Phi) is 6.70. The zero-order valence-electron chi connectivity index (χ0n) is 19.7. The van der Waals surface area contributed by atoms with Crippen LogP contribution in [0.15, 0.2) is 17.5 Å². The van der Waals surface area contributed by atoms with Crippen LogP contribution < -0.4 is 10.0 Å². The highest BCUT2D eigenvalue weighted by Gasteiger charge is 2.53. The molecule has 7 nitrogen and oxygen atoms in total. The average molecular weight is 527 g/mol. The van der Waals surface area contributed by atoms with Crippen LogP contribution in [0, 0.1) is 11.8 Å². The number of likely N-dealkylation sites (tertiary alicyclic amines) is 2. The van der Waals surface area contributed by atoms with Crippen molar-refractivity contribution >= 4 is 50.1 Å². The molecule has 1 saturated carbocycles. The molecule has 10 heteroatoms. The summed E-state index contributed by atoms with van der Waals surface area (Å²) in [7, 11) is -3.24. The van der Waals surface area contributed by atoms with E-state index in [0.717, 1.165) is 37.4 Å². The molecule has 3 unspecified atom stereocenters. The van der Waals surface area contributed by atoms with Crippen molar-refractivity contribution in [2.24, 2.45) is 11.8 Å². The Hall–Kier alpha value is -1.26. The van der Waals surface area contributed by atoms with Gasteiger partial charge in [0.25, 0.3) is 0 Å². The molecule has 34 heavy (non-hydrogen) atoms. The minimum Gasteiger partial charge on any atom is -0.336 e. The van der Waals surface area contributed by atoms with Crippen LogP contribution in [0.3, 0.4) is 0 Å². The second-order valence-electron chi connectivity index (χ2n) is 10.2. The molecular formula is C24H35ClN4O3S2. The maximum atomic E-state index is 14.1. The van der Waals surface area contributed by atoms with Crippen molar-refractivity contribution in [2.75, 3.05) is 44.2 Å². The van der Waals surface area contributed by atoms with E-state index >= 15 is 0 Å². The number of hydrogen-bond donors (Lipinski definition) is 2. The summed E-state index contributed by atoms with van der Waals surface area (Å²) in [5, 5.41) is 5.18. The molecule has 5 rings (SSSR count). The molecular weight excluding hydrogens is 492 g/mol. The summed E-state index contributed by atoms with van der Waals surface area (Å²) in [5.74, 6) is 2.30. The van der Waals surface area contributed by atoms with E-state index in [1.54, 1.807) is 10.3 Å². The highest BCUT2D eigenvalue weighted by Crippen LogP contribution is 2.49. The molecule has 0 spiro atoms. The lowest BCUT2D eigenvalue weighted by Gasteiger charge is -2.51. The molecule has 1 aliphatic carbocycles. The average Bonchev–Trinajstić information content (AvgIpc) is 3.28. The summed E-state index contributed by atoms with van der Waals surface area (Å²) in [4.78, 5) is 31.2. The predicted molar refractivity (Wildman–Crippen MR) is 139 cm³/mol. The molecule has 4 aliphatic rings. The van der Waals surface area contributed by atoms with Crippen molar-refractivity contribution in [3.63, 3.8) is 0 Å². The molecule has 2 N–H and O–H groups in total. The van der Waals surface area contributed by atoms with Crippen LogP contribution in [0.2, 0.25) is 4.34 Å². The van der Waals surface area contributed by atoms with Gasteiger partial charge in [-0.25, -0.2) is 4.72 Å². The molecule has 4 fully saturated rings. The number of piperidine rings is 2. The van der Waals surface area contributed by atoms with Gasteiger partial charge in [0, 0.05) is 42.1 Å². The predicted octanol–water partition coefficient (Wildman–Crippen LogP) is 2.55.